The lowest BCUT2D eigenvalue weighted by molar-refractivity contribution is -0.340. The van der Waals surface area contributed by atoms with Crippen molar-refractivity contribution in [3.63, 3.8) is 0 Å². The number of aliphatic hydroxyl groups excluding tert-OH is 2. The van der Waals surface area contributed by atoms with Gasteiger partial charge in [0, 0.05) is 52.2 Å². The summed E-state index contributed by atoms with van der Waals surface area (Å²) in [6.07, 6.45) is 6.53. The van der Waals surface area contributed by atoms with Crippen molar-refractivity contribution in [1.82, 2.24) is 0 Å². The Labute approximate surface area is 368 Å². The Morgan fingerprint density at radius 3 is 2.35 bits per heavy atom. The van der Waals surface area contributed by atoms with Crippen molar-refractivity contribution >= 4 is 5.97 Å². The van der Waals surface area contributed by atoms with Crippen LogP contribution in [0.5, 0.6) is 0 Å². The molecule has 0 aromatic heterocycles. The third-order valence-electron chi connectivity index (χ3n) is 14.9. The summed E-state index contributed by atoms with van der Waals surface area (Å²) >= 11 is 0. The minimum Gasteiger partial charge on any atom is -0.462 e. The monoisotopic (exact) mass is 875 g/mol. The number of hydrogen-bond donors (Lipinski definition) is 3. The van der Waals surface area contributed by atoms with Crippen molar-refractivity contribution in [1.29, 1.82) is 0 Å². The largest absolute Gasteiger partial charge is 0.462 e. The zero-order valence-corrected chi connectivity index (χ0v) is 38.5. The van der Waals surface area contributed by atoms with Crippen LogP contribution in [0.2, 0.25) is 0 Å². The van der Waals surface area contributed by atoms with Gasteiger partial charge in [0.05, 0.1) is 49.3 Å². The van der Waals surface area contributed by atoms with E-state index in [1.807, 2.05) is 19.1 Å². The van der Waals surface area contributed by atoms with Gasteiger partial charge in [0.15, 0.2) is 18.4 Å². The average molecular weight is 875 g/mol. The zero-order chi connectivity index (χ0) is 44.7. The molecule has 0 aromatic carbocycles. The molecule has 7 aliphatic rings. The van der Waals surface area contributed by atoms with Crippen LogP contribution in [0.4, 0.5) is 0 Å². The van der Waals surface area contributed by atoms with E-state index >= 15 is 0 Å². The lowest BCUT2D eigenvalue weighted by Gasteiger charge is -2.51. The SMILES string of the molecule is CCC(C)[C@H]1O[C@]2(CC[C@@H]1C)C[C@@H]1C[C@@H](C/C=C(\C)C(O[C@H]3C[C@H](OC)[C@@H](O[C@H]4C[C@H](OC)[C@@H](O)[C@H](C)O4)[C@H](C)O3)C(C)/C=C/C=C3\CO[C@@H]4[C@H](O)C(C)=C[C@@H](C(=O)O1)[C@]34O)O2. The second kappa shape index (κ2) is 19.8. The van der Waals surface area contributed by atoms with E-state index in [-0.39, 0.29) is 30.8 Å². The smallest absolute Gasteiger partial charge is 0.316 e. The second-order valence-electron chi connectivity index (χ2n) is 19.4. The van der Waals surface area contributed by atoms with Crippen molar-refractivity contribution in [3.8, 4) is 0 Å². The third kappa shape index (κ3) is 9.73. The van der Waals surface area contributed by atoms with Gasteiger partial charge in [0.2, 0.25) is 0 Å². The molecule has 62 heavy (non-hydrogen) atoms. The Hall–Kier alpha value is -2.05. The molecule has 350 valence electrons. The number of allylic oxidation sites excluding steroid dienone is 2. The van der Waals surface area contributed by atoms with Crippen molar-refractivity contribution in [2.24, 2.45) is 23.7 Å². The van der Waals surface area contributed by atoms with Gasteiger partial charge < -0.3 is 62.7 Å². The summed E-state index contributed by atoms with van der Waals surface area (Å²) in [7, 11) is 3.23. The topological polar surface area (TPSA) is 170 Å². The number of fused-ring (bicyclic) bond motifs is 2. The molecule has 6 aliphatic heterocycles. The first-order valence-electron chi connectivity index (χ1n) is 23.2. The zero-order valence-electron chi connectivity index (χ0n) is 38.5. The van der Waals surface area contributed by atoms with Crippen LogP contribution >= 0.6 is 0 Å². The van der Waals surface area contributed by atoms with Gasteiger partial charge in [-0.1, -0.05) is 64.5 Å². The summed E-state index contributed by atoms with van der Waals surface area (Å²) in [5, 5.41) is 34.2. The molecule has 5 saturated heterocycles. The van der Waals surface area contributed by atoms with Crippen molar-refractivity contribution in [2.75, 3.05) is 20.8 Å². The molecule has 14 nitrogen and oxygen atoms in total. The van der Waals surface area contributed by atoms with E-state index in [0.29, 0.717) is 61.5 Å². The van der Waals surface area contributed by atoms with Crippen molar-refractivity contribution in [3.05, 3.63) is 47.1 Å². The highest BCUT2D eigenvalue weighted by atomic mass is 16.7. The highest BCUT2D eigenvalue weighted by molar-refractivity contribution is 5.78. The Morgan fingerprint density at radius 2 is 1.63 bits per heavy atom. The first-order valence-corrected chi connectivity index (χ1v) is 23.2. The number of aliphatic hydroxyl groups is 3. The van der Waals surface area contributed by atoms with Gasteiger partial charge in [-0.05, 0) is 69.1 Å². The minimum atomic E-state index is -1.82. The molecule has 0 aromatic rings. The summed E-state index contributed by atoms with van der Waals surface area (Å²) < 4.78 is 63.9. The van der Waals surface area contributed by atoms with Gasteiger partial charge in [-0.3, -0.25) is 4.79 Å². The molecular weight excluding hydrogens is 801 g/mol. The van der Waals surface area contributed by atoms with Crippen LogP contribution in [-0.2, 0) is 52.2 Å². The average Bonchev–Trinajstić information content (AvgIpc) is 3.58. The molecule has 5 fully saturated rings. The molecule has 0 saturated carbocycles. The lowest BCUT2D eigenvalue weighted by atomic mass is 9.71. The van der Waals surface area contributed by atoms with E-state index in [0.717, 1.165) is 18.4 Å². The maximum atomic E-state index is 14.4. The number of hydrogen-bond acceptors (Lipinski definition) is 14. The predicted octanol–water partition coefficient (Wildman–Crippen LogP) is 5.60. The molecule has 3 unspecified atom stereocenters. The number of carbonyl (C=O) groups excluding carboxylic acids is 1. The van der Waals surface area contributed by atoms with E-state index in [9.17, 15) is 20.1 Å². The highest BCUT2D eigenvalue weighted by Gasteiger charge is 2.60. The van der Waals surface area contributed by atoms with Gasteiger partial charge in [-0.2, -0.15) is 0 Å². The molecule has 0 radical (unpaired) electrons. The molecular formula is C48H74O14. The van der Waals surface area contributed by atoms with Crippen LogP contribution in [-0.4, -0.2) is 139 Å². The summed E-state index contributed by atoms with van der Waals surface area (Å²) in [6, 6.07) is 0. The molecule has 2 bridgehead atoms. The normalized spacial score (nSPS) is 49.4. The number of rotatable bonds is 8. The molecule has 20 atom stereocenters. The van der Waals surface area contributed by atoms with Crippen LogP contribution in [0.1, 0.15) is 107 Å². The van der Waals surface area contributed by atoms with Gasteiger partial charge in [-0.25, -0.2) is 0 Å². The van der Waals surface area contributed by atoms with Crippen molar-refractivity contribution in [2.45, 2.75) is 204 Å². The van der Waals surface area contributed by atoms with Crippen LogP contribution < -0.4 is 0 Å². The first kappa shape index (κ1) is 47.9. The number of ether oxygens (including phenoxy) is 10. The molecule has 7 rings (SSSR count). The Balaban J connectivity index is 1.18. The lowest BCUT2D eigenvalue weighted by Crippen LogP contribution is -2.58. The highest BCUT2D eigenvalue weighted by Crippen LogP contribution is 2.48. The van der Waals surface area contributed by atoms with Gasteiger partial charge >= 0.3 is 5.97 Å². The molecule has 6 heterocycles. The van der Waals surface area contributed by atoms with E-state index in [2.05, 4.69) is 40.7 Å². The first-order chi connectivity index (χ1) is 29.5. The fourth-order valence-electron chi connectivity index (χ4n) is 11.0. The Morgan fingerprint density at radius 1 is 0.919 bits per heavy atom. The molecule has 1 aliphatic carbocycles. The summed E-state index contributed by atoms with van der Waals surface area (Å²) in [4.78, 5) is 14.4. The number of carbonyl (C=O) groups is 1. The van der Waals surface area contributed by atoms with Gasteiger partial charge in [0.1, 0.15) is 42.0 Å². The van der Waals surface area contributed by atoms with E-state index < -0.39 is 90.8 Å². The summed E-state index contributed by atoms with van der Waals surface area (Å²) in [5.74, 6) is -2.10. The quantitative estimate of drug-likeness (QED) is 0.204. The number of esters is 1. The van der Waals surface area contributed by atoms with Crippen LogP contribution in [0.15, 0.2) is 47.1 Å². The summed E-state index contributed by atoms with van der Waals surface area (Å²) in [6.45, 7) is 16.3. The Kier molecular flexibility index (Phi) is 15.3. The fraction of sp³-hybridized carbons (Fsp3) is 0.812. The molecule has 3 N–H and O–H groups in total. The van der Waals surface area contributed by atoms with E-state index in [1.165, 1.54) is 0 Å². The fourth-order valence-corrected chi connectivity index (χ4v) is 11.0. The predicted molar refractivity (Wildman–Crippen MR) is 227 cm³/mol. The minimum absolute atomic E-state index is 0.00708. The van der Waals surface area contributed by atoms with E-state index in [4.69, 9.17) is 47.4 Å². The van der Waals surface area contributed by atoms with Crippen LogP contribution in [0, 0.1) is 23.7 Å². The second-order valence-corrected chi connectivity index (χ2v) is 19.4. The van der Waals surface area contributed by atoms with Crippen LogP contribution in [0.3, 0.4) is 0 Å². The maximum absolute atomic E-state index is 14.4. The van der Waals surface area contributed by atoms with Gasteiger partial charge in [-0.15, -0.1) is 0 Å². The van der Waals surface area contributed by atoms with Crippen molar-refractivity contribution < 1.29 is 67.5 Å². The maximum Gasteiger partial charge on any atom is 0.316 e. The van der Waals surface area contributed by atoms with Crippen LogP contribution in [0.25, 0.3) is 0 Å². The van der Waals surface area contributed by atoms with E-state index in [1.54, 1.807) is 40.2 Å². The standard InChI is InChI=1S/C48H74O14/c1-11-25(2)43-28(5)17-18-47(62-43)23-34-20-33(61-47)16-15-27(4)42(26(3)13-12-14-32-24-55-45-40(49)29(6)19-35(46(51)58-34)48(32,45)52)59-39-22-37(54-10)44(31(8)57-39)60-38-21-36(53-9)41(50)30(7)56-38/h12-15,19,25-26,28,30-31,33-45,49-50,52H,11,16-18,20-24H2,1-10H3/b13-12+,27-15+,32-14+/t25?,26?,28-,30-,31-,33+,34-,35-,36-,37-,38-,39-,40+,41-,42?,43+,44-,45+,47+,48+/m0/s1. The Bertz CT molecular complexity index is 1680. The molecule has 1 spiro atoms. The van der Waals surface area contributed by atoms with Gasteiger partial charge in [0.25, 0.3) is 0 Å². The third-order valence-corrected chi connectivity index (χ3v) is 14.9. The molecule has 0 amide bonds. The summed E-state index contributed by atoms with van der Waals surface area (Å²) in [5.41, 5.74) is 0.188. The molecule has 14 heteroatoms. The number of methoxy groups -OCH3 is 2.